The zero-order chi connectivity index (χ0) is 27.5. The van der Waals surface area contributed by atoms with Gasteiger partial charge >= 0.3 is 0 Å². The molecule has 2 saturated heterocycles. The van der Waals surface area contributed by atoms with Crippen molar-refractivity contribution in [3.05, 3.63) is 83.0 Å². The zero-order valence-electron chi connectivity index (χ0n) is 24.6. The number of hydrogen-bond donors (Lipinski definition) is 0. The normalized spacial score (nSPS) is 20.3. The minimum absolute atomic E-state index is 0.468. The first kappa shape index (κ1) is 29.2. The molecule has 0 radical (unpaired) electrons. The van der Waals surface area contributed by atoms with Crippen LogP contribution in [0.2, 0.25) is 0 Å². The van der Waals surface area contributed by atoms with E-state index >= 15 is 0 Å². The van der Waals surface area contributed by atoms with Crippen LogP contribution in [0.1, 0.15) is 77.3 Å². The molecular formula is C35H48N4. The molecule has 2 atom stereocenters. The molecule has 0 spiro atoms. The number of benzene rings is 2. The van der Waals surface area contributed by atoms with E-state index in [9.17, 15) is 0 Å². The molecule has 2 heterocycles. The van der Waals surface area contributed by atoms with E-state index in [-0.39, 0.29) is 0 Å². The Morgan fingerprint density at radius 1 is 0.667 bits per heavy atom. The van der Waals surface area contributed by atoms with Crippen LogP contribution in [0, 0.1) is 0 Å². The highest BCUT2D eigenvalue weighted by Crippen LogP contribution is 2.22. The molecule has 4 rings (SSSR count). The third kappa shape index (κ3) is 9.70. The van der Waals surface area contributed by atoms with Crippen LogP contribution in [-0.2, 0) is 6.42 Å². The van der Waals surface area contributed by atoms with Crippen LogP contribution >= 0.6 is 0 Å². The molecular weight excluding hydrogens is 476 g/mol. The standard InChI is InChI=1S/C35H48N4/c1-28(2)9-5-21-38-23-7-11-34(38)26-36-32-17-13-30(14-18-32)25-31-15-19-33(20-16-31)37-27-35-12-8-24-39(35)22-6-10-29(3)4/h9-10,13-20,26-27,34-35H,5-8,11-12,21-25H2,1-4H3/t34-,35-/m0/s1. The van der Waals surface area contributed by atoms with Crippen molar-refractivity contribution in [2.45, 2.75) is 84.7 Å². The van der Waals surface area contributed by atoms with E-state index in [1.165, 1.54) is 61.0 Å². The van der Waals surface area contributed by atoms with Crippen LogP contribution in [0.5, 0.6) is 0 Å². The fraction of sp³-hybridized carbons (Fsp3) is 0.486. The molecule has 2 aromatic carbocycles. The van der Waals surface area contributed by atoms with Crippen molar-refractivity contribution in [3.8, 4) is 0 Å². The summed E-state index contributed by atoms with van der Waals surface area (Å²) in [4.78, 5) is 14.8. The Morgan fingerprint density at radius 3 is 1.46 bits per heavy atom. The summed E-state index contributed by atoms with van der Waals surface area (Å²) < 4.78 is 0. The zero-order valence-corrected chi connectivity index (χ0v) is 24.6. The second-order valence-corrected chi connectivity index (χ2v) is 11.7. The summed E-state index contributed by atoms with van der Waals surface area (Å²) in [5, 5.41) is 0. The Hall–Kier alpha value is -2.82. The minimum atomic E-state index is 0.468. The molecule has 0 saturated carbocycles. The highest BCUT2D eigenvalue weighted by Gasteiger charge is 2.22. The van der Waals surface area contributed by atoms with Crippen molar-refractivity contribution in [3.63, 3.8) is 0 Å². The molecule has 208 valence electrons. The van der Waals surface area contributed by atoms with Gasteiger partial charge in [-0.25, -0.2) is 0 Å². The van der Waals surface area contributed by atoms with E-state index in [1.54, 1.807) is 0 Å². The maximum absolute atomic E-state index is 4.82. The maximum Gasteiger partial charge on any atom is 0.0626 e. The molecule has 0 N–H and O–H groups in total. The van der Waals surface area contributed by atoms with E-state index in [0.29, 0.717) is 12.1 Å². The van der Waals surface area contributed by atoms with Gasteiger partial charge in [-0.3, -0.25) is 19.8 Å². The minimum Gasteiger partial charge on any atom is -0.295 e. The summed E-state index contributed by atoms with van der Waals surface area (Å²) in [6, 6.07) is 18.4. The second-order valence-electron chi connectivity index (χ2n) is 11.7. The Morgan fingerprint density at radius 2 is 1.08 bits per heavy atom. The van der Waals surface area contributed by atoms with E-state index in [4.69, 9.17) is 9.98 Å². The van der Waals surface area contributed by atoms with Crippen molar-refractivity contribution >= 4 is 23.8 Å². The summed E-state index contributed by atoms with van der Waals surface area (Å²) in [6.07, 6.45) is 17.2. The molecule has 2 fully saturated rings. The summed E-state index contributed by atoms with van der Waals surface area (Å²) in [5.74, 6) is 0. The molecule has 2 aliphatic heterocycles. The Kier molecular flexibility index (Phi) is 11.3. The van der Waals surface area contributed by atoms with Crippen LogP contribution < -0.4 is 0 Å². The fourth-order valence-corrected chi connectivity index (χ4v) is 5.61. The van der Waals surface area contributed by atoms with Crippen molar-refractivity contribution < 1.29 is 0 Å². The molecule has 39 heavy (non-hydrogen) atoms. The van der Waals surface area contributed by atoms with Gasteiger partial charge in [-0.2, -0.15) is 0 Å². The van der Waals surface area contributed by atoms with Gasteiger partial charge in [0.25, 0.3) is 0 Å². The topological polar surface area (TPSA) is 31.2 Å². The monoisotopic (exact) mass is 524 g/mol. The van der Waals surface area contributed by atoms with Gasteiger partial charge in [0.05, 0.1) is 11.4 Å². The van der Waals surface area contributed by atoms with Gasteiger partial charge in [-0.15, -0.1) is 0 Å². The quantitative estimate of drug-likeness (QED) is 0.206. The number of allylic oxidation sites excluding steroid dienone is 2. The summed E-state index contributed by atoms with van der Waals surface area (Å²) >= 11 is 0. The van der Waals surface area contributed by atoms with Crippen LogP contribution in [0.4, 0.5) is 11.4 Å². The van der Waals surface area contributed by atoms with Crippen LogP contribution in [0.3, 0.4) is 0 Å². The SMILES string of the molecule is CC(C)=CCCN1CCC[C@H]1C=Nc1ccc(Cc2ccc(N=C[C@@H]3CCCN3CCC=C(C)C)cc2)cc1. The highest BCUT2D eigenvalue weighted by atomic mass is 15.2. The average molecular weight is 525 g/mol. The summed E-state index contributed by atoms with van der Waals surface area (Å²) in [7, 11) is 0. The Bertz CT molecular complexity index is 1040. The van der Waals surface area contributed by atoms with Gasteiger partial charge < -0.3 is 0 Å². The molecule has 4 nitrogen and oxygen atoms in total. The number of rotatable bonds is 12. The highest BCUT2D eigenvalue weighted by molar-refractivity contribution is 5.70. The van der Waals surface area contributed by atoms with E-state index in [1.807, 2.05) is 0 Å². The van der Waals surface area contributed by atoms with Gasteiger partial charge in [-0.1, -0.05) is 47.6 Å². The van der Waals surface area contributed by atoms with Crippen LogP contribution in [-0.4, -0.2) is 60.5 Å². The largest absolute Gasteiger partial charge is 0.295 e. The van der Waals surface area contributed by atoms with Gasteiger partial charge in [-0.05, 0) is 121 Å². The lowest BCUT2D eigenvalue weighted by atomic mass is 10.0. The second kappa shape index (κ2) is 15.1. The first-order valence-electron chi connectivity index (χ1n) is 15.0. The van der Waals surface area contributed by atoms with E-state index < -0.39 is 0 Å². The first-order chi connectivity index (χ1) is 19.0. The average Bonchev–Trinajstić information content (AvgIpc) is 3.56. The van der Waals surface area contributed by atoms with Crippen molar-refractivity contribution in [2.24, 2.45) is 9.98 Å². The van der Waals surface area contributed by atoms with E-state index in [0.717, 1.165) is 43.7 Å². The van der Waals surface area contributed by atoms with Gasteiger partial charge in [0.2, 0.25) is 0 Å². The van der Waals surface area contributed by atoms with Crippen LogP contribution in [0.25, 0.3) is 0 Å². The smallest absolute Gasteiger partial charge is 0.0626 e. The van der Waals surface area contributed by atoms with Crippen molar-refractivity contribution in [2.75, 3.05) is 26.2 Å². The van der Waals surface area contributed by atoms with Crippen molar-refractivity contribution in [1.29, 1.82) is 0 Å². The molecule has 4 heteroatoms. The van der Waals surface area contributed by atoms with Gasteiger partial charge in [0, 0.05) is 37.6 Å². The van der Waals surface area contributed by atoms with Gasteiger partial charge in [0.15, 0.2) is 0 Å². The number of aliphatic imine (C=N–C) groups is 2. The third-order valence-electron chi connectivity index (χ3n) is 7.84. The predicted molar refractivity (Wildman–Crippen MR) is 169 cm³/mol. The molecule has 2 aromatic rings. The summed E-state index contributed by atoms with van der Waals surface area (Å²) in [6.45, 7) is 13.3. The van der Waals surface area contributed by atoms with Crippen LogP contribution in [0.15, 0.2) is 81.8 Å². The molecule has 0 unspecified atom stereocenters. The first-order valence-corrected chi connectivity index (χ1v) is 15.0. The Balaban J connectivity index is 1.25. The number of hydrogen-bond acceptors (Lipinski definition) is 4. The Labute approximate surface area is 237 Å². The lowest BCUT2D eigenvalue weighted by Gasteiger charge is -2.20. The fourth-order valence-electron chi connectivity index (χ4n) is 5.61. The lowest BCUT2D eigenvalue weighted by molar-refractivity contribution is 0.312. The molecule has 0 bridgehead atoms. The molecule has 0 amide bonds. The molecule has 2 aliphatic rings. The van der Waals surface area contributed by atoms with Crippen molar-refractivity contribution in [1.82, 2.24) is 9.80 Å². The number of likely N-dealkylation sites (tertiary alicyclic amines) is 2. The van der Waals surface area contributed by atoms with E-state index in [2.05, 4.69) is 111 Å². The molecule has 0 aromatic heterocycles. The predicted octanol–water partition coefficient (Wildman–Crippen LogP) is 8.32. The molecule has 0 aliphatic carbocycles. The maximum atomic E-state index is 4.82. The van der Waals surface area contributed by atoms with Gasteiger partial charge in [0.1, 0.15) is 0 Å². The summed E-state index contributed by atoms with van der Waals surface area (Å²) in [5.41, 5.74) is 7.52. The third-order valence-corrected chi connectivity index (χ3v) is 7.84. The lowest BCUT2D eigenvalue weighted by Crippen LogP contribution is -2.31. The number of nitrogens with zero attached hydrogens (tertiary/aromatic N) is 4.